The van der Waals surface area contributed by atoms with E-state index in [2.05, 4.69) is 28.4 Å². The normalized spacial score (nSPS) is 25.0. The van der Waals surface area contributed by atoms with E-state index in [4.69, 9.17) is 9.47 Å². The molecule has 1 unspecified atom stereocenters. The molecule has 0 amide bonds. The zero-order valence-electron chi connectivity index (χ0n) is 13.6. The molecule has 1 aromatic rings. The molecular formula is C18H27ClN2O2. The van der Waals surface area contributed by atoms with Crippen LogP contribution in [-0.4, -0.2) is 50.0 Å². The van der Waals surface area contributed by atoms with Gasteiger partial charge < -0.3 is 14.8 Å². The molecule has 4 rings (SSSR count). The molecule has 3 aliphatic heterocycles. The van der Waals surface area contributed by atoms with Crippen LogP contribution in [0.15, 0.2) is 18.2 Å². The van der Waals surface area contributed by atoms with Gasteiger partial charge in [-0.05, 0) is 36.8 Å². The molecule has 0 saturated carbocycles. The highest BCUT2D eigenvalue weighted by Gasteiger charge is 2.25. The van der Waals surface area contributed by atoms with Crippen molar-refractivity contribution in [2.24, 2.45) is 0 Å². The van der Waals surface area contributed by atoms with Crippen LogP contribution in [0.25, 0.3) is 0 Å². The molecule has 1 atom stereocenters. The van der Waals surface area contributed by atoms with Crippen LogP contribution >= 0.6 is 12.4 Å². The second-order valence-electron chi connectivity index (χ2n) is 6.73. The van der Waals surface area contributed by atoms with Crippen molar-refractivity contribution in [2.45, 2.75) is 44.4 Å². The minimum absolute atomic E-state index is 0. The number of ether oxygens (including phenoxy) is 2. The van der Waals surface area contributed by atoms with Crippen molar-refractivity contribution in [3.05, 3.63) is 29.3 Å². The Hall–Kier alpha value is -0.810. The molecule has 0 bridgehead atoms. The third-order valence-corrected chi connectivity index (χ3v) is 5.13. The van der Waals surface area contributed by atoms with E-state index in [1.807, 2.05) is 0 Å². The summed E-state index contributed by atoms with van der Waals surface area (Å²) in [7, 11) is 0. The molecule has 0 aromatic heterocycles. The smallest absolute Gasteiger partial charge is 0.0834 e. The van der Waals surface area contributed by atoms with Crippen molar-refractivity contribution in [1.29, 1.82) is 0 Å². The number of rotatable bonds is 4. The first-order chi connectivity index (χ1) is 10.9. The predicted molar refractivity (Wildman–Crippen MR) is 94.5 cm³/mol. The van der Waals surface area contributed by atoms with Gasteiger partial charge in [0.1, 0.15) is 0 Å². The number of halogens is 1. The molecule has 3 aliphatic rings. The van der Waals surface area contributed by atoms with Crippen LogP contribution < -0.4 is 5.32 Å². The highest BCUT2D eigenvalue weighted by Crippen LogP contribution is 2.28. The number of hydrogen-bond acceptors (Lipinski definition) is 4. The lowest BCUT2D eigenvalue weighted by Crippen LogP contribution is -2.38. The van der Waals surface area contributed by atoms with E-state index in [0.29, 0.717) is 12.2 Å². The monoisotopic (exact) mass is 338 g/mol. The van der Waals surface area contributed by atoms with E-state index in [1.54, 1.807) is 0 Å². The molecule has 4 nitrogen and oxygen atoms in total. The number of benzene rings is 1. The fourth-order valence-electron chi connectivity index (χ4n) is 3.88. The summed E-state index contributed by atoms with van der Waals surface area (Å²) in [6.07, 6.45) is 5.32. The fourth-order valence-corrected chi connectivity index (χ4v) is 3.88. The van der Waals surface area contributed by atoms with Gasteiger partial charge in [0.2, 0.25) is 0 Å². The SMILES string of the molecule is Cl.c1cc2c(c(CN3CCC(OC4CCOC4)CC3)c1)NCC2. The first kappa shape index (κ1) is 17.0. The average Bonchev–Trinajstić information content (AvgIpc) is 3.21. The van der Waals surface area contributed by atoms with Gasteiger partial charge in [-0.3, -0.25) is 4.90 Å². The minimum atomic E-state index is 0. The Morgan fingerprint density at radius 1 is 1.17 bits per heavy atom. The van der Waals surface area contributed by atoms with E-state index in [1.165, 1.54) is 23.2 Å². The number of likely N-dealkylation sites (tertiary alicyclic amines) is 1. The minimum Gasteiger partial charge on any atom is -0.384 e. The van der Waals surface area contributed by atoms with Crippen LogP contribution in [-0.2, 0) is 22.4 Å². The van der Waals surface area contributed by atoms with Gasteiger partial charge in [0.25, 0.3) is 0 Å². The van der Waals surface area contributed by atoms with Gasteiger partial charge in [0, 0.05) is 38.5 Å². The first-order valence-corrected chi connectivity index (χ1v) is 8.69. The first-order valence-electron chi connectivity index (χ1n) is 8.69. The maximum atomic E-state index is 6.16. The molecule has 5 heteroatoms. The van der Waals surface area contributed by atoms with Crippen molar-refractivity contribution in [2.75, 3.05) is 38.2 Å². The summed E-state index contributed by atoms with van der Waals surface area (Å²) in [6.45, 7) is 6.10. The van der Waals surface area contributed by atoms with Crippen molar-refractivity contribution < 1.29 is 9.47 Å². The van der Waals surface area contributed by atoms with E-state index in [-0.39, 0.29) is 12.4 Å². The van der Waals surface area contributed by atoms with Crippen LogP contribution in [0, 0.1) is 0 Å². The maximum Gasteiger partial charge on any atom is 0.0834 e. The number of anilines is 1. The van der Waals surface area contributed by atoms with E-state index < -0.39 is 0 Å². The molecule has 3 heterocycles. The topological polar surface area (TPSA) is 33.7 Å². The molecule has 1 N–H and O–H groups in total. The summed E-state index contributed by atoms with van der Waals surface area (Å²) >= 11 is 0. The summed E-state index contributed by atoms with van der Waals surface area (Å²) in [5.74, 6) is 0. The lowest BCUT2D eigenvalue weighted by Gasteiger charge is -2.33. The molecule has 0 spiro atoms. The van der Waals surface area contributed by atoms with Gasteiger partial charge in [0.05, 0.1) is 18.8 Å². The Morgan fingerprint density at radius 3 is 2.83 bits per heavy atom. The zero-order valence-corrected chi connectivity index (χ0v) is 14.4. The molecule has 0 radical (unpaired) electrons. The second-order valence-corrected chi connectivity index (χ2v) is 6.73. The number of para-hydroxylation sites is 1. The maximum absolute atomic E-state index is 6.16. The standard InChI is InChI=1S/C18H26N2O2.ClH/c1-2-14-4-8-19-18(14)15(3-1)12-20-9-5-16(6-10-20)22-17-7-11-21-13-17;/h1-3,16-17,19H,4-13H2;1H. The lowest BCUT2D eigenvalue weighted by molar-refractivity contribution is -0.0448. The number of fused-ring (bicyclic) bond motifs is 1. The van der Waals surface area contributed by atoms with Gasteiger partial charge in [-0.25, -0.2) is 0 Å². The summed E-state index contributed by atoms with van der Waals surface area (Å²) < 4.78 is 11.6. The summed E-state index contributed by atoms with van der Waals surface area (Å²) in [5, 5.41) is 3.55. The number of nitrogens with zero attached hydrogens (tertiary/aromatic N) is 1. The molecular weight excluding hydrogens is 312 g/mol. The molecule has 128 valence electrons. The number of hydrogen-bond donors (Lipinski definition) is 1. The molecule has 2 saturated heterocycles. The molecule has 23 heavy (non-hydrogen) atoms. The van der Waals surface area contributed by atoms with Gasteiger partial charge in [-0.1, -0.05) is 18.2 Å². The number of nitrogens with one attached hydrogen (secondary N) is 1. The molecule has 2 fully saturated rings. The lowest BCUT2D eigenvalue weighted by atomic mass is 10.0. The van der Waals surface area contributed by atoms with Crippen LogP contribution in [0.1, 0.15) is 30.4 Å². The quantitative estimate of drug-likeness (QED) is 0.915. The van der Waals surface area contributed by atoms with E-state index in [9.17, 15) is 0 Å². The summed E-state index contributed by atoms with van der Waals surface area (Å²) in [4.78, 5) is 2.57. The Labute approximate surface area is 144 Å². The second kappa shape index (κ2) is 7.84. The average molecular weight is 339 g/mol. The van der Waals surface area contributed by atoms with Crippen molar-refractivity contribution in [3.63, 3.8) is 0 Å². The predicted octanol–water partition coefficient (Wildman–Crippen LogP) is 2.85. The third-order valence-electron chi connectivity index (χ3n) is 5.13. The Morgan fingerprint density at radius 2 is 2.04 bits per heavy atom. The largest absolute Gasteiger partial charge is 0.384 e. The fraction of sp³-hybridized carbons (Fsp3) is 0.667. The number of piperidine rings is 1. The van der Waals surface area contributed by atoms with Gasteiger partial charge in [-0.15, -0.1) is 12.4 Å². The van der Waals surface area contributed by atoms with Crippen molar-refractivity contribution in [3.8, 4) is 0 Å². The molecule has 0 aliphatic carbocycles. The highest BCUT2D eigenvalue weighted by atomic mass is 35.5. The summed E-state index contributed by atoms with van der Waals surface area (Å²) in [6, 6.07) is 6.73. The Kier molecular flexibility index (Phi) is 5.81. The zero-order chi connectivity index (χ0) is 14.8. The van der Waals surface area contributed by atoms with E-state index in [0.717, 1.165) is 58.7 Å². The van der Waals surface area contributed by atoms with Crippen molar-refractivity contribution >= 4 is 18.1 Å². The molecule has 1 aromatic carbocycles. The van der Waals surface area contributed by atoms with Gasteiger partial charge in [0.15, 0.2) is 0 Å². The van der Waals surface area contributed by atoms with E-state index >= 15 is 0 Å². The third kappa shape index (κ3) is 4.00. The van der Waals surface area contributed by atoms with Gasteiger partial charge >= 0.3 is 0 Å². The summed E-state index contributed by atoms with van der Waals surface area (Å²) in [5.41, 5.74) is 4.33. The highest BCUT2D eigenvalue weighted by molar-refractivity contribution is 5.85. The Bertz CT molecular complexity index is 512. The van der Waals surface area contributed by atoms with Crippen LogP contribution in [0.3, 0.4) is 0 Å². The van der Waals surface area contributed by atoms with Crippen LogP contribution in [0.2, 0.25) is 0 Å². The van der Waals surface area contributed by atoms with Crippen molar-refractivity contribution in [1.82, 2.24) is 4.90 Å². The van der Waals surface area contributed by atoms with Crippen LogP contribution in [0.4, 0.5) is 5.69 Å². The Balaban J connectivity index is 0.00000156. The van der Waals surface area contributed by atoms with Gasteiger partial charge in [-0.2, -0.15) is 0 Å². The van der Waals surface area contributed by atoms with Crippen LogP contribution in [0.5, 0.6) is 0 Å².